The maximum atomic E-state index is 5.80. The van der Waals surface area contributed by atoms with Crippen LogP contribution in [-0.2, 0) is 11.3 Å². The van der Waals surface area contributed by atoms with E-state index in [1.807, 2.05) is 0 Å². The molecule has 0 aromatic carbocycles. The van der Waals surface area contributed by atoms with Crippen LogP contribution in [0.15, 0.2) is 12.3 Å². The van der Waals surface area contributed by atoms with Crippen LogP contribution in [-0.4, -0.2) is 35.4 Å². The molecule has 0 bridgehead atoms. The number of methoxy groups -OCH3 is 1. The molecular weight excluding hydrogens is 274 g/mol. The number of nitrogens with one attached hydrogen (secondary N) is 1. The average Bonchev–Trinajstić information content (AvgIpc) is 2.95. The van der Waals surface area contributed by atoms with Gasteiger partial charge in [0.2, 0.25) is 0 Å². The van der Waals surface area contributed by atoms with Gasteiger partial charge in [-0.3, -0.25) is 4.68 Å². The Morgan fingerprint density at radius 1 is 1.45 bits per heavy atom. The minimum atomic E-state index is 0.303. The molecule has 20 heavy (non-hydrogen) atoms. The van der Waals surface area contributed by atoms with E-state index in [0.29, 0.717) is 24.6 Å². The molecule has 0 radical (unpaired) electrons. The molecule has 1 aromatic heterocycles. The van der Waals surface area contributed by atoms with Crippen LogP contribution in [0.5, 0.6) is 0 Å². The van der Waals surface area contributed by atoms with Gasteiger partial charge in [-0.1, -0.05) is 19.3 Å². The van der Waals surface area contributed by atoms with Crippen LogP contribution >= 0.6 is 11.6 Å². The predicted molar refractivity (Wildman–Crippen MR) is 82.2 cm³/mol. The first-order valence-electron chi connectivity index (χ1n) is 7.65. The molecule has 1 atom stereocenters. The number of aromatic nitrogens is 2. The highest BCUT2D eigenvalue weighted by molar-refractivity contribution is 6.17. The number of ether oxygens (including phenoxy) is 1. The maximum Gasteiger partial charge on any atom is 0.0762 e. The number of nitrogens with zero attached hydrogens (tertiary/aromatic N) is 2. The van der Waals surface area contributed by atoms with Gasteiger partial charge in [-0.25, -0.2) is 0 Å². The average molecular weight is 300 g/mol. The van der Waals surface area contributed by atoms with Crippen molar-refractivity contribution in [1.82, 2.24) is 15.1 Å². The van der Waals surface area contributed by atoms with E-state index in [4.69, 9.17) is 21.4 Å². The number of halogens is 1. The lowest BCUT2D eigenvalue weighted by atomic mass is 9.96. The summed E-state index contributed by atoms with van der Waals surface area (Å²) in [6, 6.07) is 3.03. The summed E-state index contributed by atoms with van der Waals surface area (Å²) in [4.78, 5) is 0. The summed E-state index contributed by atoms with van der Waals surface area (Å²) in [5.41, 5.74) is 1.10. The minimum absolute atomic E-state index is 0.303. The zero-order valence-corrected chi connectivity index (χ0v) is 13.1. The highest BCUT2D eigenvalue weighted by Crippen LogP contribution is 2.27. The van der Waals surface area contributed by atoms with Crippen LogP contribution < -0.4 is 5.32 Å². The fraction of sp³-hybridized carbons (Fsp3) is 0.800. The Hall–Kier alpha value is -0.580. The van der Waals surface area contributed by atoms with Crippen molar-refractivity contribution in [3.63, 3.8) is 0 Å². The molecule has 5 heteroatoms. The Kier molecular flexibility index (Phi) is 6.83. The lowest BCUT2D eigenvalue weighted by molar-refractivity contribution is 0.164. The molecular formula is C15H26ClN3O. The molecule has 1 aliphatic rings. The number of rotatable bonds is 8. The van der Waals surface area contributed by atoms with Gasteiger partial charge in [0.15, 0.2) is 0 Å². The molecule has 1 heterocycles. The lowest BCUT2D eigenvalue weighted by Gasteiger charge is -2.21. The first kappa shape index (κ1) is 15.8. The highest BCUT2D eigenvalue weighted by atomic mass is 35.5. The zero-order chi connectivity index (χ0) is 14.2. The minimum Gasteiger partial charge on any atom is -0.383 e. The summed E-state index contributed by atoms with van der Waals surface area (Å²) in [5, 5.41) is 8.18. The van der Waals surface area contributed by atoms with Gasteiger partial charge >= 0.3 is 0 Å². The largest absolute Gasteiger partial charge is 0.383 e. The molecule has 1 unspecified atom stereocenters. The van der Waals surface area contributed by atoms with Crippen LogP contribution in [0, 0.1) is 0 Å². The summed E-state index contributed by atoms with van der Waals surface area (Å²) in [5.74, 6) is 0.650. The van der Waals surface area contributed by atoms with E-state index in [2.05, 4.69) is 22.3 Å². The Bertz CT molecular complexity index is 371. The van der Waals surface area contributed by atoms with Crippen molar-refractivity contribution >= 4 is 11.6 Å². The third-order valence-corrected chi connectivity index (χ3v) is 4.23. The van der Waals surface area contributed by atoms with E-state index >= 15 is 0 Å². The maximum absolute atomic E-state index is 5.80. The van der Waals surface area contributed by atoms with Crippen molar-refractivity contribution in [3.05, 3.63) is 18.0 Å². The van der Waals surface area contributed by atoms with E-state index in [1.54, 1.807) is 7.11 Å². The van der Waals surface area contributed by atoms with Crippen molar-refractivity contribution in [3.8, 4) is 0 Å². The molecule has 1 aliphatic carbocycles. The van der Waals surface area contributed by atoms with Crippen molar-refractivity contribution in [2.24, 2.45) is 0 Å². The highest BCUT2D eigenvalue weighted by Gasteiger charge is 2.16. The van der Waals surface area contributed by atoms with Gasteiger partial charge in [0, 0.05) is 31.8 Å². The molecule has 1 fully saturated rings. The molecule has 0 spiro atoms. The molecule has 1 N–H and O–H groups in total. The molecule has 0 aliphatic heterocycles. The quantitative estimate of drug-likeness (QED) is 0.750. The van der Waals surface area contributed by atoms with Gasteiger partial charge in [-0.2, -0.15) is 5.10 Å². The first-order valence-corrected chi connectivity index (χ1v) is 8.19. The summed E-state index contributed by atoms with van der Waals surface area (Å²) in [6.07, 6.45) is 9.63. The number of hydrogen-bond donors (Lipinski definition) is 1. The Morgan fingerprint density at radius 2 is 2.25 bits per heavy atom. The van der Waals surface area contributed by atoms with Gasteiger partial charge < -0.3 is 10.1 Å². The molecule has 1 aromatic rings. The fourth-order valence-electron chi connectivity index (χ4n) is 2.85. The van der Waals surface area contributed by atoms with Gasteiger partial charge in [0.25, 0.3) is 0 Å². The fourth-order valence-corrected chi connectivity index (χ4v) is 3.11. The summed E-state index contributed by atoms with van der Waals surface area (Å²) >= 11 is 5.80. The van der Waals surface area contributed by atoms with Gasteiger partial charge in [-0.15, -0.1) is 11.6 Å². The zero-order valence-electron chi connectivity index (χ0n) is 12.4. The van der Waals surface area contributed by atoms with Gasteiger partial charge in [-0.05, 0) is 25.3 Å². The molecule has 0 amide bonds. The lowest BCUT2D eigenvalue weighted by Crippen LogP contribution is -2.33. The van der Waals surface area contributed by atoms with Gasteiger partial charge in [0.1, 0.15) is 0 Å². The van der Waals surface area contributed by atoms with Crippen molar-refractivity contribution < 1.29 is 4.74 Å². The van der Waals surface area contributed by atoms with Crippen LogP contribution in [0.25, 0.3) is 0 Å². The van der Waals surface area contributed by atoms with Crippen molar-refractivity contribution in [2.75, 3.05) is 19.6 Å². The van der Waals surface area contributed by atoms with Gasteiger partial charge in [0.05, 0.1) is 18.3 Å². The monoisotopic (exact) mass is 299 g/mol. The van der Waals surface area contributed by atoms with Crippen LogP contribution in [0.4, 0.5) is 0 Å². The van der Waals surface area contributed by atoms with E-state index in [0.717, 1.165) is 18.7 Å². The topological polar surface area (TPSA) is 39.1 Å². The predicted octanol–water partition coefficient (Wildman–Crippen LogP) is 3.12. The summed E-state index contributed by atoms with van der Waals surface area (Å²) in [7, 11) is 1.72. The number of alkyl halides is 1. The van der Waals surface area contributed by atoms with Crippen LogP contribution in [0.2, 0.25) is 0 Å². The number of hydrogen-bond acceptors (Lipinski definition) is 3. The van der Waals surface area contributed by atoms with Crippen LogP contribution in [0.1, 0.15) is 50.3 Å². The smallest absolute Gasteiger partial charge is 0.0762 e. The van der Waals surface area contributed by atoms with Crippen LogP contribution in [0.3, 0.4) is 0 Å². The van der Waals surface area contributed by atoms with E-state index in [9.17, 15) is 0 Å². The third kappa shape index (κ3) is 4.76. The third-order valence-electron chi connectivity index (χ3n) is 4.01. The Morgan fingerprint density at radius 3 is 2.95 bits per heavy atom. The second-order valence-electron chi connectivity index (χ2n) is 5.59. The second-order valence-corrected chi connectivity index (χ2v) is 5.97. The molecule has 1 saturated carbocycles. The van der Waals surface area contributed by atoms with E-state index in [-0.39, 0.29) is 0 Å². The second kappa shape index (κ2) is 8.65. The van der Waals surface area contributed by atoms with E-state index in [1.165, 1.54) is 32.1 Å². The van der Waals surface area contributed by atoms with E-state index < -0.39 is 0 Å². The molecule has 114 valence electrons. The van der Waals surface area contributed by atoms with Crippen molar-refractivity contribution in [2.45, 2.75) is 57.2 Å². The summed E-state index contributed by atoms with van der Waals surface area (Å²) in [6.45, 7) is 1.47. The Labute approximate surface area is 126 Å². The van der Waals surface area contributed by atoms with Crippen molar-refractivity contribution in [1.29, 1.82) is 0 Å². The molecule has 0 saturated heterocycles. The first-order chi connectivity index (χ1) is 9.83. The SMILES string of the molecule is COCC(CCCl)NCc1ccn(C2CCCCC2)n1. The molecule has 4 nitrogen and oxygen atoms in total. The standard InChI is InChI=1S/C15H26ClN3O/c1-20-12-14(7-9-16)17-11-13-8-10-19(18-13)15-5-3-2-4-6-15/h8,10,14-15,17H,2-7,9,11-12H2,1H3. The normalized spacial score (nSPS) is 18.3. The summed E-state index contributed by atoms with van der Waals surface area (Å²) < 4.78 is 7.35. The Balaban J connectivity index is 1.82. The molecule has 2 rings (SSSR count).